The average molecular weight is 253 g/mol. The Labute approximate surface area is 119 Å². The molecule has 8 heteroatoms. The van der Waals surface area contributed by atoms with Gasteiger partial charge in [0.15, 0.2) is 0 Å². The van der Waals surface area contributed by atoms with Gasteiger partial charge in [0.25, 0.3) is 0 Å². The predicted molar refractivity (Wildman–Crippen MR) is 55.8 cm³/mol. The van der Waals surface area contributed by atoms with Gasteiger partial charge in [0.05, 0.1) is 0 Å². The predicted octanol–water partition coefficient (Wildman–Crippen LogP) is -1.47. The van der Waals surface area contributed by atoms with Crippen molar-refractivity contribution in [3.8, 4) is 5.75 Å². The summed E-state index contributed by atoms with van der Waals surface area (Å²) in [4.78, 5) is 1.91. The minimum atomic E-state index is -2.50. The number of hydrogen-bond acceptors (Lipinski definition) is 6. The van der Waals surface area contributed by atoms with Gasteiger partial charge in [-0.15, -0.1) is 0 Å². The van der Waals surface area contributed by atoms with Crippen molar-refractivity contribution in [3.63, 3.8) is 0 Å². The average Bonchev–Trinajstić information content (AvgIpc) is 2.20. The number of benzene rings is 1. The molecule has 1 rings (SSSR count). The molecule has 2 N–H and O–H groups in total. The van der Waals surface area contributed by atoms with E-state index in [2.05, 4.69) is 4.18 Å². The van der Waals surface area contributed by atoms with Crippen molar-refractivity contribution >= 4 is 17.0 Å². The summed E-state index contributed by atoms with van der Waals surface area (Å²) in [6.45, 7) is 0. The van der Waals surface area contributed by atoms with E-state index in [1.807, 2.05) is 19.0 Å². The first-order chi connectivity index (χ1) is 7.09. The summed E-state index contributed by atoms with van der Waals surface area (Å²) in [6, 6.07) is 6.76. The van der Waals surface area contributed by atoms with E-state index >= 15 is 0 Å². The maximum absolute atomic E-state index is 10.2. The van der Waals surface area contributed by atoms with Gasteiger partial charge in [-0.25, -0.2) is 15.3 Å². The van der Waals surface area contributed by atoms with Gasteiger partial charge in [-0.05, 0) is 24.3 Å². The molecule has 0 saturated carbocycles. The summed E-state index contributed by atoms with van der Waals surface area (Å²) >= 11 is -2.50. The summed E-state index contributed by atoms with van der Waals surface area (Å²) in [7, 11) is 3.81. The smallest absolute Gasteiger partial charge is 0.740 e. The Kier molecular flexibility index (Phi) is 10.9. The Morgan fingerprint density at radius 1 is 1.25 bits per heavy atom. The minimum Gasteiger partial charge on any atom is -0.740 e. The summed E-state index contributed by atoms with van der Waals surface area (Å²) in [6.07, 6.45) is 0. The molecule has 0 heterocycles. The third-order valence-electron chi connectivity index (χ3n) is 1.52. The minimum absolute atomic E-state index is 0. The van der Waals surface area contributed by atoms with Crippen LogP contribution in [-0.4, -0.2) is 22.9 Å². The molecule has 0 radical (unpaired) electrons. The molecule has 0 aliphatic carbocycles. The second kappa shape index (κ2) is 9.73. The summed E-state index contributed by atoms with van der Waals surface area (Å²) < 4.78 is 24.8. The van der Waals surface area contributed by atoms with E-state index in [0.29, 0.717) is 5.75 Å². The normalized spacial score (nSPS) is 10.2. The Morgan fingerprint density at radius 3 is 2.00 bits per heavy atom. The fourth-order valence-corrected chi connectivity index (χ4v) is 1.15. The van der Waals surface area contributed by atoms with Crippen LogP contribution in [0.5, 0.6) is 5.75 Å². The van der Waals surface area contributed by atoms with Crippen LogP contribution in [0.4, 0.5) is 5.69 Å². The molecule has 0 aliphatic heterocycles. The van der Waals surface area contributed by atoms with Crippen LogP contribution in [0.3, 0.4) is 0 Å². The first kappa shape index (κ1) is 17.9. The molecule has 6 nitrogen and oxygen atoms in total. The number of nitrogens with one attached hydrogen (secondary N) is 2. The molecule has 16 heavy (non-hydrogen) atoms. The molecule has 0 fully saturated rings. The standard InChI is InChI=1S/C8H11NO3S.H2N2.Na/c1-9(2)7-3-5-8(6-4-7)12-13(10)11;1-2;/h3-6H,1-2H3,(H,10,11);1-2H;/q;;+1/p-1. The van der Waals surface area contributed by atoms with Gasteiger partial charge >= 0.3 is 29.6 Å². The van der Waals surface area contributed by atoms with Crippen LogP contribution in [0.25, 0.3) is 0 Å². The van der Waals surface area contributed by atoms with Crippen molar-refractivity contribution in [2.24, 2.45) is 0 Å². The van der Waals surface area contributed by atoms with Crippen molar-refractivity contribution in [2.45, 2.75) is 0 Å². The molecule has 0 aromatic heterocycles. The van der Waals surface area contributed by atoms with E-state index in [0.717, 1.165) is 5.69 Å². The molecule has 1 atom stereocenters. The molecule has 0 amide bonds. The summed E-state index contributed by atoms with van der Waals surface area (Å²) in [5.74, 6) is 0.318. The van der Waals surface area contributed by atoms with Crippen molar-refractivity contribution in [1.82, 2.24) is 0 Å². The van der Waals surface area contributed by atoms with E-state index in [1.54, 1.807) is 24.3 Å². The topological polar surface area (TPSA) is 100 Å². The Morgan fingerprint density at radius 2 is 1.69 bits per heavy atom. The molecule has 0 saturated heterocycles. The molecule has 1 aromatic carbocycles. The van der Waals surface area contributed by atoms with Gasteiger partial charge in [-0.3, -0.25) is 0 Å². The summed E-state index contributed by atoms with van der Waals surface area (Å²) in [5, 5.41) is 0. The second-order valence-electron chi connectivity index (χ2n) is 2.68. The van der Waals surface area contributed by atoms with Crippen LogP contribution >= 0.6 is 0 Å². The van der Waals surface area contributed by atoms with Gasteiger partial charge in [-0.1, -0.05) is 0 Å². The van der Waals surface area contributed by atoms with Crippen molar-refractivity contribution in [2.75, 3.05) is 19.0 Å². The monoisotopic (exact) mass is 253 g/mol. The van der Waals surface area contributed by atoms with Crippen molar-refractivity contribution < 1.29 is 42.5 Å². The quantitative estimate of drug-likeness (QED) is 0.390. The van der Waals surface area contributed by atoms with Gasteiger partial charge in [-0.2, -0.15) is 0 Å². The first-order valence-corrected chi connectivity index (χ1v) is 4.89. The Hall–Kier alpha value is -0.470. The number of nitrogens with zero attached hydrogens (tertiary/aromatic N) is 1. The van der Waals surface area contributed by atoms with Crippen molar-refractivity contribution in [1.29, 1.82) is 11.1 Å². The molecule has 1 unspecified atom stereocenters. The first-order valence-electron chi connectivity index (χ1n) is 3.89. The SMILES string of the molecule is CN(C)c1ccc(OS(=O)[O-])cc1.N=N.[Na+]. The van der Waals surface area contributed by atoms with E-state index < -0.39 is 11.4 Å². The second-order valence-corrected chi connectivity index (χ2v) is 3.25. The third kappa shape index (κ3) is 6.91. The third-order valence-corrected chi connectivity index (χ3v) is 1.85. The van der Waals surface area contributed by atoms with Crippen LogP contribution in [0, 0.1) is 11.1 Å². The van der Waals surface area contributed by atoms with Crippen LogP contribution in [-0.2, 0) is 11.4 Å². The van der Waals surface area contributed by atoms with E-state index in [1.165, 1.54) is 0 Å². The number of rotatable bonds is 3. The fourth-order valence-electron chi connectivity index (χ4n) is 0.878. The molecular formula is C8H12N3NaO3S. The number of hydrogen-bond donors (Lipinski definition) is 2. The molecule has 1 aromatic rings. The van der Waals surface area contributed by atoms with Gasteiger partial charge < -0.3 is 13.6 Å². The number of anilines is 1. The molecule has 0 bridgehead atoms. The molecular weight excluding hydrogens is 241 g/mol. The maximum Gasteiger partial charge on any atom is 1.00 e. The van der Waals surface area contributed by atoms with E-state index in [9.17, 15) is 8.76 Å². The van der Waals surface area contributed by atoms with Gasteiger partial charge in [0.1, 0.15) is 17.1 Å². The molecule has 0 aliphatic rings. The van der Waals surface area contributed by atoms with Crippen LogP contribution in [0.15, 0.2) is 24.3 Å². The van der Waals surface area contributed by atoms with Crippen molar-refractivity contribution in [3.05, 3.63) is 24.3 Å². The zero-order valence-corrected chi connectivity index (χ0v) is 12.2. The fraction of sp³-hybridized carbons (Fsp3) is 0.250. The Bertz CT molecular complexity index is 321. The van der Waals surface area contributed by atoms with Crippen LogP contribution in [0.2, 0.25) is 0 Å². The molecule has 0 spiro atoms. The van der Waals surface area contributed by atoms with Crippen LogP contribution in [0.1, 0.15) is 0 Å². The van der Waals surface area contributed by atoms with Gasteiger partial charge in [0.2, 0.25) is 0 Å². The van der Waals surface area contributed by atoms with Crippen LogP contribution < -0.4 is 38.6 Å². The largest absolute Gasteiger partial charge is 1.00 e. The summed E-state index contributed by atoms with van der Waals surface area (Å²) in [5.41, 5.74) is 11.0. The Balaban J connectivity index is 0. The van der Waals surface area contributed by atoms with E-state index in [4.69, 9.17) is 11.1 Å². The van der Waals surface area contributed by atoms with Gasteiger partial charge in [0, 0.05) is 19.8 Å². The zero-order valence-electron chi connectivity index (χ0n) is 9.39. The maximum atomic E-state index is 10.2. The molecule has 84 valence electrons. The zero-order chi connectivity index (χ0) is 11.8. The van der Waals surface area contributed by atoms with E-state index in [-0.39, 0.29) is 29.6 Å².